The summed E-state index contributed by atoms with van der Waals surface area (Å²) in [4.78, 5) is 6.76. The molecule has 0 fully saturated rings. The Balaban J connectivity index is 2.22. The van der Waals surface area contributed by atoms with E-state index in [1.807, 2.05) is 18.3 Å². The lowest BCUT2D eigenvalue weighted by Gasteiger charge is -2.25. The molecular formula is C16H19BrN2. The predicted molar refractivity (Wildman–Crippen MR) is 84.8 cm³/mol. The number of halogens is 1. The first-order valence-electron chi connectivity index (χ1n) is 6.55. The van der Waals surface area contributed by atoms with Crippen LogP contribution in [0.1, 0.15) is 23.7 Å². The Morgan fingerprint density at radius 2 is 2.05 bits per heavy atom. The molecule has 0 amide bonds. The third-order valence-corrected chi connectivity index (χ3v) is 3.86. The average molecular weight is 319 g/mol. The number of aromatic nitrogens is 1. The Bertz CT molecular complexity index is 526. The standard InChI is InChI=1S/C16H19BrN2/c1-3-19(12-15-6-4-5-9-18-15)16-8-7-14(11-17)10-13(16)2/h4-10H,3,11-12H2,1-2H3. The SMILES string of the molecule is CCN(Cc1ccccn1)c1ccc(CBr)cc1C. The molecule has 19 heavy (non-hydrogen) atoms. The van der Waals surface area contributed by atoms with Gasteiger partial charge < -0.3 is 4.90 Å². The van der Waals surface area contributed by atoms with Crippen molar-refractivity contribution in [1.82, 2.24) is 4.98 Å². The maximum absolute atomic E-state index is 4.41. The zero-order chi connectivity index (χ0) is 13.7. The van der Waals surface area contributed by atoms with Gasteiger partial charge >= 0.3 is 0 Å². The molecule has 1 heterocycles. The van der Waals surface area contributed by atoms with Crippen LogP contribution in [-0.2, 0) is 11.9 Å². The van der Waals surface area contributed by atoms with Gasteiger partial charge in [-0.25, -0.2) is 0 Å². The second kappa shape index (κ2) is 6.71. The zero-order valence-corrected chi connectivity index (χ0v) is 13.0. The monoisotopic (exact) mass is 318 g/mol. The molecule has 0 saturated heterocycles. The number of aryl methyl sites for hydroxylation is 1. The van der Waals surface area contributed by atoms with Crippen LogP contribution in [0, 0.1) is 6.92 Å². The van der Waals surface area contributed by atoms with Crippen LogP contribution in [0.4, 0.5) is 5.69 Å². The molecule has 0 aliphatic rings. The molecule has 1 aromatic heterocycles. The molecule has 0 unspecified atom stereocenters. The normalized spacial score (nSPS) is 10.5. The number of hydrogen-bond acceptors (Lipinski definition) is 2. The van der Waals surface area contributed by atoms with Crippen molar-refractivity contribution >= 4 is 21.6 Å². The molecule has 0 saturated carbocycles. The number of rotatable bonds is 5. The molecule has 1 aromatic carbocycles. The summed E-state index contributed by atoms with van der Waals surface area (Å²) in [5.74, 6) is 0. The second-order valence-electron chi connectivity index (χ2n) is 4.59. The van der Waals surface area contributed by atoms with E-state index in [1.54, 1.807) is 0 Å². The molecule has 0 aliphatic heterocycles. The molecule has 0 radical (unpaired) electrons. The van der Waals surface area contributed by atoms with Gasteiger partial charge in [-0.3, -0.25) is 4.98 Å². The number of hydrogen-bond donors (Lipinski definition) is 0. The minimum absolute atomic E-state index is 0.853. The third-order valence-electron chi connectivity index (χ3n) is 3.22. The van der Waals surface area contributed by atoms with E-state index in [-0.39, 0.29) is 0 Å². The molecule has 2 rings (SSSR count). The van der Waals surface area contributed by atoms with Gasteiger partial charge in [0.2, 0.25) is 0 Å². The van der Waals surface area contributed by atoms with Crippen molar-refractivity contribution in [2.75, 3.05) is 11.4 Å². The van der Waals surface area contributed by atoms with Crippen LogP contribution in [-0.4, -0.2) is 11.5 Å². The number of anilines is 1. The minimum Gasteiger partial charge on any atom is -0.366 e. The van der Waals surface area contributed by atoms with Crippen LogP contribution in [0.5, 0.6) is 0 Å². The fourth-order valence-electron chi connectivity index (χ4n) is 2.21. The summed E-state index contributed by atoms with van der Waals surface area (Å²) in [6.07, 6.45) is 1.85. The van der Waals surface area contributed by atoms with Gasteiger partial charge in [0.1, 0.15) is 0 Å². The average Bonchev–Trinajstić information content (AvgIpc) is 2.46. The summed E-state index contributed by atoms with van der Waals surface area (Å²) in [6.45, 7) is 6.18. The van der Waals surface area contributed by atoms with Gasteiger partial charge in [0.05, 0.1) is 12.2 Å². The first-order valence-corrected chi connectivity index (χ1v) is 7.67. The Morgan fingerprint density at radius 3 is 2.63 bits per heavy atom. The van der Waals surface area contributed by atoms with Crippen molar-refractivity contribution in [3.63, 3.8) is 0 Å². The highest BCUT2D eigenvalue weighted by Gasteiger charge is 2.09. The van der Waals surface area contributed by atoms with Gasteiger partial charge in [-0.1, -0.05) is 34.1 Å². The Hall–Kier alpha value is -1.35. The molecular weight excluding hydrogens is 300 g/mol. The van der Waals surface area contributed by atoms with Gasteiger partial charge in [0.15, 0.2) is 0 Å². The first kappa shape index (κ1) is 14.1. The first-order chi connectivity index (χ1) is 9.24. The summed E-state index contributed by atoms with van der Waals surface area (Å²) < 4.78 is 0. The number of benzene rings is 1. The van der Waals surface area contributed by atoms with E-state index in [2.05, 4.69) is 63.9 Å². The zero-order valence-electron chi connectivity index (χ0n) is 11.4. The minimum atomic E-state index is 0.853. The van der Waals surface area contributed by atoms with Crippen LogP contribution in [0.2, 0.25) is 0 Å². The third kappa shape index (κ3) is 3.57. The van der Waals surface area contributed by atoms with Gasteiger partial charge in [-0.15, -0.1) is 0 Å². The van der Waals surface area contributed by atoms with Crippen LogP contribution < -0.4 is 4.90 Å². The molecule has 0 atom stereocenters. The van der Waals surface area contributed by atoms with Crippen molar-refractivity contribution in [2.24, 2.45) is 0 Å². The van der Waals surface area contributed by atoms with E-state index in [1.165, 1.54) is 16.8 Å². The van der Waals surface area contributed by atoms with Crippen molar-refractivity contribution in [3.05, 3.63) is 59.4 Å². The van der Waals surface area contributed by atoms with E-state index in [9.17, 15) is 0 Å². The lowest BCUT2D eigenvalue weighted by molar-refractivity contribution is 0.806. The summed E-state index contributed by atoms with van der Waals surface area (Å²) >= 11 is 3.50. The molecule has 100 valence electrons. The molecule has 0 N–H and O–H groups in total. The molecule has 0 aliphatic carbocycles. The van der Waals surface area contributed by atoms with Crippen molar-refractivity contribution in [3.8, 4) is 0 Å². The van der Waals surface area contributed by atoms with E-state index < -0.39 is 0 Å². The van der Waals surface area contributed by atoms with Crippen molar-refractivity contribution in [2.45, 2.75) is 25.7 Å². The van der Waals surface area contributed by atoms with E-state index in [0.717, 1.165) is 24.1 Å². The molecule has 2 aromatic rings. The van der Waals surface area contributed by atoms with Gasteiger partial charge in [0.25, 0.3) is 0 Å². The Morgan fingerprint density at radius 1 is 1.21 bits per heavy atom. The predicted octanol–water partition coefficient (Wildman–Crippen LogP) is 4.31. The van der Waals surface area contributed by atoms with Gasteiger partial charge in [-0.2, -0.15) is 0 Å². The Kier molecular flexibility index (Phi) is 4.97. The van der Waals surface area contributed by atoms with E-state index in [0.29, 0.717) is 0 Å². The van der Waals surface area contributed by atoms with Crippen LogP contribution in [0.15, 0.2) is 42.6 Å². The molecule has 3 heteroatoms. The second-order valence-corrected chi connectivity index (χ2v) is 5.15. The van der Waals surface area contributed by atoms with E-state index >= 15 is 0 Å². The fourth-order valence-corrected chi connectivity index (χ4v) is 2.56. The fraction of sp³-hybridized carbons (Fsp3) is 0.312. The summed E-state index contributed by atoms with van der Waals surface area (Å²) in [5, 5.41) is 0.903. The highest BCUT2D eigenvalue weighted by Crippen LogP contribution is 2.23. The molecule has 2 nitrogen and oxygen atoms in total. The smallest absolute Gasteiger partial charge is 0.0601 e. The quantitative estimate of drug-likeness (QED) is 0.763. The number of alkyl halides is 1. The largest absolute Gasteiger partial charge is 0.366 e. The van der Waals surface area contributed by atoms with Crippen LogP contribution >= 0.6 is 15.9 Å². The lowest BCUT2D eigenvalue weighted by atomic mass is 10.1. The summed E-state index contributed by atoms with van der Waals surface area (Å²) in [6, 6.07) is 12.7. The molecule has 0 bridgehead atoms. The Labute approximate surface area is 123 Å². The number of nitrogens with zero attached hydrogens (tertiary/aromatic N) is 2. The van der Waals surface area contributed by atoms with E-state index in [4.69, 9.17) is 0 Å². The maximum Gasteiger partial charge on any atom is 0.0601 e. The summed E-state index contributed by atoms with van der Waals surface area (Å²) in [5.41, 5.74) is 5.02. The van der Waals surface area contributed by atoms with Crippen molar-refractivity contribution < 1.29 is 0 Å². The van der Waals surface area contributed by atoms with Gasteiger partial charge in [-0.05, 0) is 43.2 Å². The highest BCUT2D eigenvalue weighted by molar-refractivity contribution is 9.08. The van der Waals surface area contributed by atoms with Crippen LogP contribution in [0.3, 0.4) is 0 Å². The highest BCUT2D eigenvalue weighted by atomic mass is 79.9. The number of pyridine rings is 1. The van der Waals surface area contributed by atoms with Gasteiger partial charge in [0, 0.05) is 23.8 Å². The van der Waals surface area contributed by atoms with Crippen LogP contribution in [0.25, 0.3) is 0 Å². The van der Waals surface area contributed by atoms with Crippen molar-refractivity contribution in [1.29, 1.82) is 0 Å². The summed E-state index contributed by atoms with van der Waals surface area (Å²) in [7, 11) is 0. The lowest BCUT2D eigenvalue weighted by Crippen LogP contribution is -2.23. The maximum atomic E-state index is 4.41. The topological polar surface area (TPSA) is 16.1 Å². The molecule has 0 spiro atoms.